The molecule has 0 saturated carbocycles. The van der Waals surface area contributed by atoms with Gasteiger partial charge in [-0.1, -0.05) is 28.1 Å². The van der Waals surface area contributed by atoms with Gasteiger partial charge in [0.2, 0.25) is 5.91 Å². The Morgan fingerprint density at radius 2 is 1.65 bits per heavy atom. The number of unbranched alkanes of at least 4 members (excludes halogenated alkanes) is 1. The van der Waals surface area contributed by atoms with Crippen LogP contribution in [0.2, 0.25) is 0 Å². The Kier molecular flexibility index (Phi) is 5.92. The second kappa shape index (κ2) is 7.37. The van der Waals surface area contributed by atoms with Crippen LogP contribution in [0.25, 0.3) is 0 Å². The van der Waals surface area contributed by atoms with Crippen molar-refractivity contribution in [3.05, 3.63) is 24.3 Å². The number of anilines is 1. The number of amides is 1. The van der Waals surface area contributed by atoms with Gasteiger partial charge in [-0.15, -0.1) is 0 Å². The van der Waals surface area contributed by atoms with Crippen LogP contribution in [-0.2, 0) is 14.1 Å². The van der Waals surface area contributed by atoms with E-state index in [4.69, 9.17) is 9.31 Å². The van der Waals surface area contributed by atoms with Crippen LogP contribution in [0, 0.1) is 0 Å². The van der Waals surface area contributed by atoms with E-state index in [0.29, 0.717) is 6.42 Å². The largest absolute Gasteiger partial charge is 0.494 e. The Hall–Kier alpha value is -0.845. The van der Waals surface area contributed by atoms with Crippen LogP contribution in [0.3, 0.4) is 0 Å². The monoisotopic (exact) mass is 381 g/mol. The van der Waals surface area contributed by atoms with E-state index < -0.39 is 0 Å². The molecule has 0 bridgehead atoms. The quantitative estimate of drug-likeness (QED) is 0.466. The lowest BCUT2D eigenvalue weighted by atomic mass is 9.79. The van der Waals surface area contributed by atoms with Gasteiger partial charge in [-0.3, -0.25) is 4.79 Å². The van der Waals surface area contributed by atoms with Crippen molar-refractivity contribution in [2.24, 2.45) is 0 Å². The van der Waals surface area contributed by atoms with E-state index in [-0.39, 0.29) is 24.2 Å². The van der Waals surface area contributed by atoms with Gasteiger partial charge in [-0.2, -0.15) is 0 Å². The van der Waals surface area contributed by atoms with Crippen LogP contribution in [0.4, 0.5) is 5.69 Å². The first-order chi connectivity index (χ1) is 10.7. The Labute approximate surface area is 147 Å². The molecule has 1 aliphatic heterocycles. The number of halogens is 1. The second-order valence-corrected chi connectivity index (χ2v) is 7.70. The highest BCUT2D eigenvalue weighted by atomic mass is 79.9. The molecule has 1 aromatic carbocycles. The number of rotatable bonds is 6. The first-order valence-electron chi connectivity index (χ1n) is 8.06. The molecule has 6 heteroatoms. The fourth-order valence-electron chi connectivity index (χ4n) is 2.31. The number of hydrogen-bond acceptors (Lipinski definition) is 3. The number of benzene rings is 1. The smallest absolute Gasteiger partial charge is 0.399 e. The Morgan fingerprint density at radius 3 is 2.17 bits per heavy atom. The maximum atomic E-state index is 11.8. The number of alkyl halides is 1. The van der Waals surface area contributed by atoms with E-state index in [1.165, 1.54) is 0 Å². The maximum Gasteiger partial charge on any atom is 0.494 e. The van der Waals surface area contributed by atoms with Crippen LogP contribution in [0.5, 0.6) is 0 Å². The molecular weight excluding hydrogens is 357 g/mol. The lowest BCUT2D eigenvalue weighted by Crippen LogP contribution is -2.41. The third-order valence-corrected chi connectivity index (χ3v) is 5.07. The fourth-order valence-corrected chi connectivity index (χ4v) is 2.70. The summed E-state index contributed by atoms with van der Waals surface area (Å²) < 4.78 is 12.0. The first-order valence-corrected chi connectivity index (χ1v) is 9.19. The minimum absolute atomic E-state index is 0.0503. The molecule has 1 aliphatic rings. The molecule has 1 amide bonds. The van der Waals surface area contributed by atoms with Crippen LogP contribution >= 0.6 is 15.9 Å². The van der Waals surface area contributed by atoms with Crippen molar-refractivity contribution >= 4 is 40.1 Å². The van der Waals surface area contributed by atoms with Crippen molar-refractivity contribution in [2.75, 3.05) is 10.6 Å². The van der Waals surface area contributed by atoms with Gasteiger partial charge in [0.15, 0.2) is 0 Å². The van der Waals surface area contributed by atoms with Crippen molar-refractivity contribution in [3.63, 3.8) is 0 Å². The van der Waals surface area contributed by atoms with Crippen molar-refractivity contribution in [1.29, 1.82) is 0 Å². The summed E-state index contributed by atoms with van der Waals surface area (Å²) in [6.45, 7) is 8.14. The highest BCUT2D eigenvalue weighted by Gasteiger charge is 2.51. The van der Waals surface area contributed by atoms with E-state index in [1.807, 2.05) is 52.0 Å². The molecule has 0 radical (unpaired) electrons. The number of carbonyl (C=O) groups excluding carboxylic acids is 1. The van der Waals surface area contributed by atoms with Gasteiger partial charge in [0, 0.05) is 17.4 Å². The second-order valence-electron chi connectivity index (χ2n) is 6.90. The Morgan fingerprint density at radius 1 is 1.09 bits per heavy atom. The van der Waals surface area contributed by atoms with E-state index in [0.717, 1.165) is 29.3 Å². The van der Waals surface area contributed by atoms with Crippen LogP contribution in [0.15, 0.2) is 24.3 Å². The lowest BCUT2D eigenvalue weighted by molar-refractivity contribution is -0.116. The van der Waals surface area contributed by atoms with Crippen molar-refractivity contribution < 1.29 is 14.1 Å². The standard InChI is InChI=1S/C17H25BBrNO3/c1-16(2)17(3,4)23-18(22-16)13-8-10-14(11-9-13)20-15(21)7-5-6-12-19/h8-11H,5-7,12H2,1-4H3,(H,20,21). The Balaban J connectivity index is 1.94. The molecular formula is C17H25BBrNO3. The number of nitrogens with one attached hydrogen (secondary N) is 1. The average molecular weight is 382 g/mol. The first kappa shape index (κ1) is 18.5. The zero-order valence-corrected chi connectivity index (χ0v) is 15.9. The van der Waals surface area contributed by atoms with Crippen LogP contribution in [0.1, 0.15) is 47.0 Å². The van der Waals surface area contributed by atoms with E-state index >= 15 is 0 Å². The molecule has 1 fully saturated rings. The SMILES string of the molecule is CC1(C)OB(c2ccc(NC(=O)CCCCBr)cc2)OC1(C)C. The van der Waals surface area contributed by atoms with E-state index in [9.17, 15) is 4.79 Å². The third kappa shape index (κ3) is 4.58. The molecule has 23 heavy (non-hydrogen) atoms. The van der Waals surface area contributed by atoms with Crippen LogP contribution < -0.4 is 10.8 Å². The number of hydrogen-bond donors (Lipinski definition) is 1. The average Bonchev–Trinajstić information content (AvgIpc) is 2.68. The summed E-state index contributed by atoms with van der Waals surface area (Å²) in [4.78, 5) is 11.8. The van der Waals surface area contributed by atoms with Gasteiger partial charge in [-0.25, -0.2) is 0 Å². The molecule has 0 spiro atoms. The predicted octanol–water partition coefficient (Wildman–Crippen LogP) is 3.49. The normalized spacial score (nSPS) is 18.9. The lowest BCUT2D eigenvalue weighted by Gasteiger charge is -2.32. The molecule has 0 aromatic heterocycles. The zero-order valence-electron chi connectivity index (χ0n) is 14.3. The topological polar surface area (TPSA) is 47.6 Å². The van der Waals surface area contributed by atoms with E-state index in [2.05, 4.69) is 21.2 Å². The molecule has 1 N–H and O–H groups in total. The molecule has 126 valence electrons. The Bertz CT molecular complexity index is 529. The summed E-state index contributed by atoms with van der Waals surface area (Å²) in [5, 5.41) is 3.85. The molecule has 0 unspecified atom stereocenters. The van der Waals surface area contributed by atoms with Gasteiger partial charge in [0.05, 0.1) is 11.2 Å². The summed E-state index contributed by atoms with van der Waals surface area (Å²) in [7, 11) is -0.372. The zero-order chi connectivity index (χ0) is 17.1. The summed E-state index contributed by atoms with van der Waals surface area (Å²) >= 11 is 3.37. The molecule has 0 atom stereocenters. The number of carbonyl (C=O) groups is 1. The third-order valence-electron chi connectivity index (χ3n) is 4.51. The molecule has 1 saturated heterocycles. The van der Waals surface area contributed by atoms with Gasteiger partial charge < -0.3 is 14.6 Å². The van der Waals surface area contributed by atoms with E-state index in [1.54, 1.807) is 0 Å². The van der Waals surface area contributed by atoms with Crippen LogP contribution in [-0.4, -0.2) is 29.6 Å². The van der Waals surface area contributed by atoms with Gasteiger partial charge in [0.25, 0.3) is 0 Å². The molecule has 0 aliphatic carbocycles. The predicted molar refractivity (Wildman–Crippen MR) is 98.4 cm³/mol. The minimum Gasteiger partial charge on any atom is -0.399 e. The summed E-state index contributed by atoms with van der Waals surface area (Å²) in [6.07, 6.45) is 2.45. The van der Waals surface area contributed by atoms with Gasteiger partial charge in [0.1, 0.15) is 0 Å². The fraction of sp³-hybridized carbons (Fsp3) is 0.588. The highest BCUT2D eigenvalue weighted by molar-refractivity contribution is 9.09. The summed E-state index contributed by atoms with van der Waals surface area (Å²) in [5.41, 5.74) is 1.06. The van der Waals surface area contributed by atoms with Crippen molar-refractivity contribution in [1.82, 2.24) is 0 Å². The van der Waals surface area contributed by atoms with Gasteiger partial charge >= 0.3 is 7.12 Å². The molecule has 2 rings (SSSR count). The molecule has 1 aromatic rings. The summed E-state index contributed by atoms with van der Waals surface area (Å²) in [5.74, 6) is 0.0503. The minimum atomic E-state index is -0.372. The van der Waals surface area contributed by atoms with Crippen molar-refractivity contribution in [3.8, 4) is 0 Å². The maximum absolute atomic E-state index is 11.8. The van der Waals surface area contributed by atoms with Crippen molar-refractivity contribution in [2.45, 2.75) is 58.2 Å². The van der Waals surface area contributed by atoms with Gasteiger partial charge in [-0.05, 0) is 58.1 Å². The molecule has 1 heterocycles. The molecule has 4 nitrogen and oxygen atoms in total. The highest BCUT2D eigenvalue weighted by Crippen LogP contribution is 2.36. The summed E-state index contributed by atoms with van der Waals surface area (Å²) in [6, 6.07) is 7.66.